The summed E-state index contributed by atoms with van der Waals surface area (Å²) >= 11 is 0. The summed E-state index contributed by atoms with van der Waals surface area (Å²) in [6.07, 6.45) is 1.92. The van der Waals surface area contributed by atoms with E-state index < -0.39 is 40.7 Å². The van der Waals surface area contributed by atoms with Gasteiger partial charge in [0.1, 0.15) is 11.9 Å². The van der Waals surface area contributed by atoms with Gasteiger partial charge in [0.2, 0.25) is 15.9 Å². The third-order valence-corrected chi connectivity index (χ3v) is 6.55. The van der Waals surface area contributed by atoms with E-state index in [2.05, 4.69) is 9.62 Å². The van der Waals surface area contributed by atoms with Gasteiger partial charge in [-0.05, 0) is 25.2 Å². The van der Waals surface area contributed by atoms with Crippen LogP contribution in [0.15, 0.2) is 41.3 Å². The van der Waals surface area contributed by atoms with Gasteiger partial charge in [0.25, 0.3) is 0 Å². The van der Waals surface area contributed by atoms with Crippen molar-refractivity contribution in [3.8, 4) is 0 Å². The Labute approximate surface area is 170 Å². The Kier molecular flexibility index (Phi) is 7.01. The maximum absolute atomic E-state index is 13.4. The molecule has 0 bridgehead atoms. The lowest BCUT2D eigenvalue weighted by Gasteiger charge is -2.35. The summed E-state index contributed by atoms with van der Waals surface area (Å²) in [6, 6.07) is 3.83. The molecular formula is C19H26FN3O5S. The Morgan fingerprint density at radius 3 is 2.66 bits per heavy atom. The zero-order chi connectivity index (χ0) is 21.0. The van der Waals surface area contributed by atoms with Crippen LogP contribution in [0.4, 0.5) is 4.39 Å². The Bertz CT molecular complexity index is 855. The number of amides is 1. The molecule has 1 amide bonds. The van der Waals surface area contributed by atoms with E-state index in [4.69, 9.17) is 4.74 Å². The van der Waals surface area contributed by atoms with Crippen LogP contribution in [0.2, 0.25) is 0 Å². The Morgan fingerprint density at radius 1 is 1.28 bits per heavy atom. The quantitative estimate of drug-likeness (QED) is 0.618. The molecule has 0 radical (unpaired) electrons. The average Bonchev–Trinajstić information content (AvgIpc) is 2.69. The lowest BCUT2D eigenvalue weighted by molar-refractivity contribution is -0.136. The normalized spacial score (nSPS) is 25.9. The van der Waals surface area contributed by atoms with Gasteiger partial charge in [-0.2, -0.15) is 0 Å². The van der Waals surface area contributed by atoms with E-state index in [9.17, 15) is 22.7 Å². The van der Waals surface area contributed by atoms with Crippen LogP contribution in [0, 0.1) is 5.82 Å². The molecule has 3 atom stereocenters. The zero-order valence-electron chi connectivity index (χ0n) is 16.2. The van der Waals surface area contributed by atoms with Crippen LogP contribution in [-0.4, -0.2) is 87.3 Å². The highest BCUT2D eigenvalue weighted by Crippen LogP contribution is 2.19. The van der Waals surface area contributed by atoms with E-state index in [0.29, 0.717) is 13.1 Å². The Morgan fingerprint density at radius 2 is 2.00 bits per heavy atom. The molecule has 0 aromatic heterocycles. The number of likely N-dealkylation sites (N-methyl/N-ethyl adjacent to an activating group) is 1. The molecule has 2 aliphatic heterocycles. The summed E-state index contributed by atoms with van der Waals surface area (Å²) in [5.41, 5.74) is 0. The maximum Gasteiger partial charge on any atom is 0.241 e. The molecule has 29 heavy (non-hydrogen) atoms. The third-order valence-electron chi connectivity index (χ3n) is 5.09. The number of piperazine rings is 1. The SMILES string of the molecule is CN1CCN(C(=O)C[C@@H]2C=C[C@H](NS(=O)(=O)c3cccc(F)c3)[C@H](CO)O2)CC1. The van der Waals surface area contributed by atoms with Crippen LogP contribution >= 0.6 is 0 Å². The van der Waals surface area contributed by atoms with Gasteiger partial charge in [0.05, 0.1) is 30.1 Å². The molecule has 2 aliphatic rings. The van der Waals surface area contributed by atoms with Crippen LogP contribution in [0.1, 0.15) is 6.42 Å². The largest absolute Gasteiger partial charge is 0.394 e. The summed E-state index contributed by atoms with van der Waals surface area (Å²) in [5, 5.41) is 9.65. The van der Waals surface area contributed by atoms with Gasteiger partial charge < -0.3 is 19.6 Å². The van der Waals surface area contributed by atoms with Gasteiger partial charge in [0.15, 0.2) is 0 Å². The van der Waals surface area contributed by atoms with Crippen molar-refractivity contribution in [2.45, 2.75) is 29.6 Å². The summed E-state index contributed by atoms with van der Waals surface area (Å²) in [6.45, 7) is 2.52. The van der Waals surface area contributed by atoms with Crippen LogP contribution in [-0.2, 0) is 19.6 Å². The van der Waals surface area contributed by atoms with Crippen molar-refractivity contribution < 1.29 is 27.4 Å². The van der Waals surface area contributed by atoms with E-state index in [-0.39, 0.29) is 17.2 Å². The standard InChI is InChI=1S/C19H26FN3O5S/c1-22-7-9-23(10-8-22)19(25)12-15-5-6-17(18(13-24)28-15)21-29(26,27)16-4-2-3-14(20)11-16/h2-6,11,15,17-18,21,24H,7-10,12-13H2,1H3/t15-,17-,18-/m0/s1. The molecule has 1 fully saturated rings. The second kappa shape index (κ2) is 9.31. The minimum Gasteiger partial charge on any atom is -0.394 e. The highest BCUT2D eigenvalue weighted by Gasteiger charge is 2.32. The second-order valence-corrected chi connectivity index (χ2v) is 8.99. The predicted molar refractivity (Wildman–Crippen MR) is 104 cm³/mol. The highest BCUT2D eigenvalue weighted by atomic mass is 32.2. The van der Waals surface area contributed by atoms with Crippen LogP contribution in [0.5, 0.6) is 0 Å². The lowest BCUT2D eigenvalue weighted by atomic mass is 10.1. The fraction of sp³-hybridized carbons (Fsp3) is 0.526. The van der Waals surface area contributed by atoms with E-state index in [1.165, 1.54) is 12.1 Å². The number of aliphatic hydroxyl groups excluding tert-OH is 1. The molecular weight excluding hydrogens is 401 g/mol. The average molecular weight is 427 g/mol. The molecule has 0 spiro atoms. The number of hydrogen-bond acceptors (Lipinski definition) is 6. The summed E-state index contributed by atoms with van der Waals surface area (Å²) in [7, 11) is -1.99. The van der Waals surface area contributed by atoms with Crippen molar-refractivity contribution in [1.82, 2.24) is 14.5 Å². The van der Waals surface area contributed by atoms with Crippen molar-refractivity contribution in [3.63, 3.8) is 0 Å². The molecule has 0 aliphatic carbocycles. The van der Waals surface area contributed by atoms with Gasteiger partial charge >= 0.3 is 0 Å². The minimum atomic E-state index is -4.00. The van der Waals surface area contributed by atoms with Crippen molar-refractivity contribution in [1.29, 1.82) is 0 Å². The van der Waals surface area contributed by atoms with Gasteiger partial charge in [-0.15, -0.1) is 0 Å². The molecule has 160 valence electrons. The van der Waals surface area contributed by atoms with Gasteiger partial charge in [-0.1, -0.05) is 18.2 Å². The summed E-state index contributed by atoms with van der Waals surface area (Å²) < 4.78 is 46.5. The Balaban J connectivity index is 1.63. The topological polar surface area (TPSA) is 99.2 Å². The molecule has 8 nitrogen and oxygen atoms in total. The number of rotatable bonds is 6. The number of aliphatic hydroxyl groups is 1. The smallest absolute Gasteiger partial charge is 0.241 e. The fourth-order valence-electron chi connectivity index (χ4n) is 3.35. The molecule has 3 rings (SSSR count). The summed E-state index contributed by atoms with van der Waals surface area (Å²) in [4.78, 5) is 16.2. The number of benzene rings is 1. The maximum atomic E-state index is 13.4. The fourth-order valence-corrected chi connectivity index (χ4v) is 4.60. The molecule has 0 unspecified atom stereocenters. The number of nitrogens with one attached hydrogen (secondary N) is 1. The first-order valence-electron chi connectivity index (χ1n) is 9.47. The second-order valence-electron chi connectivity index (χ2n) is 7.27. The molecule has 2 heterocycles. The van der Waals surface area contributed by atoms with E-state index in [0.717, 1.165) is 25.2 Å². The van der Waals surface area contributed by atoms with Gasteiger partial charge in [-0.25, -0.2) is 17.5 Å². The zero-order valence-corrected chi connectivity index (χ0v) is 17.0. The van der Waals surface area contributed by atoms with Crippen molar-refractivity contribution in [3.05, 3.63) is 42.2 Å². The number of nitrogens with zero attached hydrogens (tertiary/aromatic N) is 2. The number of carbonyl (C=O) groups is 1. The molecule has 10 heteroatoms. The molecule has 1 saturated heterocycles. The van der Waals surface area contributed by atoms with Crippen LogP contribution < -0.4 is 4.72 Å². The molecule has 0 saturated carbocycles. The number of hydrogen-bond donors (Lipinski definition) is 2. The van der Waals surface area contributed by atoms with E-state index >= 15 is 0 Å². The first-order valence-corrected chi connectivity index (χ1v) is 11.0. The first kappa shape index (κ1) is 21.8. The summed E-state index contributed by atoms with van der Waals surface area (Å²) in [5.74, 6) is -0.701. The third kappa shape index (κ3) is 5.61. The monoisotopic (exact) mass is 427 g/mol. The van der Waals surface area contributed by atoms with Crippen molar-refractivity contribution in [2.75, 3.05) is 39.8 Å². The highest BCUT2D eigenvalue weighted by molar-refractivity contribution is 7.89. The number of ether oxygens (including phenoxy) is 1. The molecule has 1 aromatic rings. The van der Waals surface area contributed by atoms with Crippen LogP contribution in [0.3, 0.4) is 0 Å². The van der Waals surface area contributed by atoms with Crippen molar-refractivity contribution in [2.24, 2.45) is 0 Å². The van der Waals surface area contributed by atoms with E-state index in [1.54, 1.807) is 17.1 Å². The van der Waals surface area contributed by atoms with Crippen molar-refractivity contribution >= 4 is 15.9 Å². The first-order chi connectivity index (χ1) is 13.8. The predicted octanol–water partition coefficient (Wildman–Crippen LogP) is -0.0474. The molecule has 1 aromatic carbocycles. The van der Waals surface area contributed by atoms with Gasteiger partial charge in [0, 0.05) is 26.2 Å². The molecule has 2 N–H and O–H groups in total. The van der Waals surface area contributed by atoms with Crippen LogP contribution in [0.25, 0.3) is 0 Å². The number of sulfonamides is 1. The lowest BCUT2D eigenvalue weighted by Crippen LogP contribution is -2.50. The Hall–Kier alpha value is -1.85. The van der Waals surface area contributed by atoms with Gasteiger partial charge in [-0.3, -0.25) is 4.79 Å². The number of halogens is 1. The number of carbonyl (C=O) groups excluding carboxylic acids is 1. The van der Waals surface area contributed by atoms with E-state index in [1.807, 2.05) is 7.05 Å². The minimum absolute atomic E-state index is 0.0387.